The Kier molecular flexibility index (Phi) is 11.8. The maximum atomic E-state index is 5.44. The van der Waals surface area contributed by atoms with Gasteiger partial charge in [0.2, 0.25) is 5.95 Å². The molecule has 0 aromatic carbocycles. The Labute approximate surface area is 210 Å². The van der Waals surface area contributed by atoms with Crippen LogP contribution in [-0.4, -0.2) is 52.4 Å². The lowest BCUT2D eigenvalue weighted by atomic mass is 10.1. The summed E-state index contributed by atoms with van der Waals surface area (Å²) in [6.07, 6.45) is 2.08. The first-order valence-corrected chi connectivity index (χ1v) is 12.9. The number of likely N-dealkylation sites (N-methyl/N-ethyl adjacent to an activating group) is 1. The van der Waals surface area contributed by atoms with Crippen molar-refractivity contribution in [2.24, 2.45) is 5.92 Å². The Morgan fingerprint density at radius 2 is 1.71 bits per heavy atom. The molecule has 3 rings (SSSR count). The van der Waals surface area contributed by atoms with Crippen molar-refractivity contribution in [2.75, 3.05) is 42.1 Å². The fourth-order valence-corrected chi connectivity index (χ4v) is 3.42. The predicted molar refractivity (Wildman–Crippen MR) is 144 cm³/mol. The molecule has 2 aromatic heterocycles. The average Bonchev–Trinajstić information content (AvgIpc) is 3.52. The van der Waals surface area contributed by atoms with Crippen LogP contribution in [0.5, 0.6) is 0 Å². The van der Waals surface area contributed by atoms with Crippen LogP contribution in [0.4, 0.5) is 17.6 Å². The third-order valence-corrected chi connectivity index (χ3v) is 5.59. The van der Waals surface area contributed by atoms with Crippen molar-refractivity contribution < 1.29 is 4.52 Å². The lowest BCUT2D eigenvalue weighted by Gasteiger charge is -2.19. The first-order valence-electron chi connectivity index (χ1n) is 12.9. The molecule has 0 bridgehead atoms. The topological polar surface area (TPSA) is 115 Å². The number of aromatic nitrogens is 3. The molecule has 0 saturated heterocycles. The van der Waals surface area contributed by atoms with Crippen LogP contribution >= 0.6 is 0 Å². The van der Waals surface area contributed by atoms with Gasteiger partial charge in [-0.05, 0) is 31.0 Å². The number of hydrazine groups is 1. The van der Waals surface area contributed by atoms with E-state index in [1.807, 2.05) is 26.0 Å². The molecule has 0 radical (unpaired) electrons. The van der Waals surface area contributed by atoms with Crippen LogP contribution in [0, 0.1) is 5.92 Å². The van der Waals surface area contributed by atoms with Crippen molar-refractivity contribution in [2.45, 2.75) is 74.0 Å². The Balaban J connectivity index is 0.00000210. The normalized spacial score (nSPS) is 15.1. The maximum absolute atomic E-state index is 5.44. The number of nitrogens with zero attached hydrogens (tertiary/aromatic N) is 4. The van der Waals surface area contributed by atoms with E-state index < -0.39 is 0 Å². The van der Waals surface area contributed by atoms with Gasteiger partial charge in [0.1, 0.15) is 17.8 Å². The summed E-state index contributed by atoms with van der Waals surface area (Å²) in [5.41, 5.74) is 8.55. The molecule has 35 heavy (non-hydrogen) atoms. The van der Waals surface area contributed by atoms with Crippen molar-refractivity contribution in [1.29, 1.82) is 0 Å². The molecule has 1 aliphatic rings. The fraction of sp³-hybridized carbons (Fsp3) is 0.640. The number of rotatable bonds is 13. The molecule has 1 atom stereocenters. The van der Waals surface area contributed by atoms with Crippen LogP contribution in [0.15, 0.2) is 28.4 Å². The molecule has 0 aliphatic carbocycles. The summed E-state index contributed by atoms with van der Waals surface area (Å²) in [5.74, 6) is 3.50. The highest BCUT2D eigenvalue weighted by Gasteiger charge is 2.17. The van der Waals surface area contributed by atoms with Gasteiger partial charge in [0, 0.05) is 30.9 Å². The SMILES string of the molecule is CC.CCN(CC)CCNc1cc(NC2C=C(C(C)C)NN2)nc(NCc2cc(C(C)C)no2)n1. The van der Waals surface area contributed by atoms with Crippen molar-refractivity contribution in [3.05, 3.63) is 35.4 Å². The minimum Gasteiger partial charge on any atom is -0.369 e. The van der Waals surface area contributed by atoms with E-state index in [1.54, 1.807) is 0 Å². The van der Waals surface area contributed by atoms with E-state index in [0.29, 0.717) is 24.3 Å². The Morgan fingerprint density at radius 1 is 1.00 bits per heavy atom. The molecule has 0 fully saturated rings. The minimum absolute atomic E-state index is 0.0588. The lowest BCUT2D eigenvalue weighted by Crippen LogP contribution is -2.37. The fourth-order valence-electron chi connectivity index (χ4n) is 3.42. The summed E-state index contributed by atoms with van der Waals surface area (Å²) in [4.78, 5) is 11.7. The molecule has 1 aliphatic heterocycles. The molecule has 0 spiro atoms. The van der Waals surface area contributed by atoms with Crippen molar-refractivity contribution in [3.63, 3.8) is 0 Å². The van der Waals surface area contributed by atoms with Gasteiger partial charge >= 0.3 is 0 Å². The Bertz CT molecular complexity index is 906. The van der Waals surface area contributed by atoms with Gasteiger partial charge in [0.15, 0.2) is 5.76 Å². The lowest BCUT2D eigenvalue weighted by molar-refractivity contribution is 0.316. The van der Waals surface area contributed by atoms with Crippen molar-refractivity contribution in [3.8, 4) is 0 Å². The predicted octanol–water partition coefficient (Wildman–Crippen LogP) is 4.37. The molecule has 5 N–H and O–H groups in total. The van der Waals surface area contributed by atoms with E-state index >= 15 is 0 Å². The van der Waals surface area contributed by atoms with E-state index in [9.17, 15) is 0 Å². The van der Waals surface area contributed by atoms with Crippen LogP contribution < -0.4 is 26.8 Å². The largest absolute Gasteiger partial charge is 0.369 e. The highest BCUT2D eigenvalue weighted by atomic mass is 16.5. The van der Waals surface area contributed by atoms with Gasteiger partial charge in [-0.25, -0.2) is 5.43 Å². The molecule has 1 unspecified atom stereocenters. The Hall–Kier alpha value is -2.85. The zero-order chi connectivity index (χ0) is 25.8. The standard InChI is InChI=1S/C23H39N9O.C2H6/c1-7-32(8-2)10-9-24-20-13-21(26-22-12-18(15(3)4)29-30-22)28-23(27-20)25-14-17-11-19(16(5)6)31-33-17;1-2/h11-13,15-16,22,29-30H,7-10,14H2,1-6H3,(H3,24,25,26,27,28);1-2H3. The van der Waals surface area contributed by atoms with Crippen molar-refractivity contribution in [1.82, 2.24) is 30.9 Å². The summed E-state index contributed by atoms with van der Waals surface area (Å²) >= 11 is 0. The quantitative estimate of drug-likeness (QED) is 0.279. The van der Waals surface area contributed by atoms with Crippen LogP contribution in [0.2, 0.25) is 0 Å². The first-order chi connectivity index (χ1) is 16.9. The van der Waals surface area contributed by atoms with Gasteiger partial charge in [-0.2, -0.15) is 9.97 Å². The molecular formula is C25H45N9O. The molecule has 10 nitrogen and oxygen atoms in total. The molecular weight excluding hydrogens is 442 g/mol. The van der Waals surface area contributed by atoms with Crippen LogP contribution in [0.1, 0.15) is 72.8 Å². The first kappa shape index (κ1) is 28.4. The third-order valence-electron chi connectivity index (χ3n) is 5.59. The molecule has 10 heteroatoms. The number of hydrogen-bond acceptors (Lipinski definition) is 10. The minimum atomic E-state index is -0.0588. The van der Waals surface area contributed by atoms with E-state index in [0.717, 1.165) is 55.0 Å². The third kappa shape index (κ3) is 9.03. The molecule has 3 heterocycles. The second kappa shape index (κ2) is 14.5. The molecule has 196 valence electrons. The van der Waals surface area contributed by atoms with Crippen LogP contribution in [0.3, 0.4) is 0 Å². The highest BCUT2D eigenvalue weighted by molar-refractivity contribution is 5.53. The molecule has 0 amide bonds. The smallest absolute Gasteiger partial charge is 0.226 e. The van der Waals surface area contributed by atoms with Crippen molar-refractivity contribution >= 4 is 17.6 Å². The Morgan fingerprint density at radius 3 is 2.31 bits per heavy atom. The van der Waals surface area contributed by atoms with E-state index in [-0.39, 0.29) is 6.17 Å². The van der Waals surface area contributed by atoms with E-state index in [2.05, 4.69) is 94.4 Å². The summed E-state index contributed by atoms with van der Waals surface area (Å²) < 4.78 is 5.44. The average molecular weight is 488 g/mol. The van der Waals surface area contributed by atoms with Gasteiger partial charge in [-0.1, -0.05) is 60.5 Å². The summed E-state index contributed by atoms with van der Waals surface area (Å²) in [6.45, 7) is 21.1. The zero-order valence-electron chi connectivity index (χ0n) is 22.7. The monoisotopic (exact) mass is 487 g/mol. The molecule has 2 aromatic rings. The summed E-state index contributed by atoms with van der Waals surface area (Å²) in [6, 6.07) is 3.90. The number of anilines is 3. The molecule has 0 saturated carbocycles. The van der Waals surface area contributed by atoms with Crippen LogP contribution in [-0.2, 0) is 6.54 Å². The summed E-state index contributed by atoms with van der Waals surface area (Å²) in [5, 5.41) is 14.2. The van der Waals surface area contributed by atoms with Gasteiger partial charge in [0.25, 0.3) is 0 Å². The number of allylic oxidation sites excluding steroid dienone is 1. The number of hydrogen-bond donors (Lipinski definition) is 5. The number of nitrogens with one attached hydrogen (secondary N) is 5. The van der Waals surface area contributed by atoms with Gasteiger partial charge < -0.3 is 30.8 Å². The second-order valence-electron chi connectivity index (χ2n) is 8.81. The van der Waals surface area contributed by atoms with Gasteiger partial charge in [0.05, 0.1) is 12.2 Å². The second-order valence-corrected chi connectivity index (χ2v) is 8.81. The van der Waals surface area contributed by atoms with Crippen LogP contribution in [0.25, 0.3) is 0 Å². The highest BCUT2D eigenvalue weighted by Crippen LogP contribution is 2.19. The van der Waals surface area contributed by atoms with E-state index in [4.69, 9.17) is 4.52 Å². The zero-order valence-corrected chi connectivity index (χ0v) is 22.7. The maximum Gasteiger partial charge on any atom is 0.226 e. The van der Waals surface area contributed by atoms with E-state index in [1.165, 1.54) is 0 Å². The van der Waals surface area contributed by atoms with Gasteiger partial charge in [-0.15, -0.1) is 0 Å². The van der Waals surface area contributed by atoms with Gasteiger partial charge in [-0.3, -0.25) is 0 Å². The summed E-state index contributed by atoms with van der Waals surface area (Å²) in [7, 11) is 0.